The van der Waals surface area contributed by atoms with E-state index in [2.05, 4.69) is 10.2 Å². The molecular formula is C13H23N3O2. The van der Waals surface area contributed by atoms with Gasteiger partial charge in [-0.1, -0.05) is 0 Å². The summed E-state index contributed by atoms with van der Waals surface area (Å²) in [4.78, 5) is 27.9. The zero-order chi connectivity index (χ0) is 13.3. The topological polar surface area (TPSA) is 52.6 Å². The highest BCUT2D eigenvalue weighted by atomic mass is 16.2. The van der Waals surface area contributed by atoms with Crippen LogP contribution in [0.25, 0.3) is 0 Å². The Labute approximate surface area is 108 Å². The van der Waals surface area contributed by atoms with E-state index in [0.29, 0.717) is 5.92 Å². The summed E-state index contributed by atoms with van der Waals surface area (Å²) in [6.45, 7) is 3.18. The first-order chi connectivity index (χ1) is 8.49. The van der Waals surface area contributed by atoms with E-state index < -0.39 is 0 Å². The van der Waals surface area contributed by atoms with Crippen molar-refractivity contribution in [2.24, 2.45) is 5.92 Å². The van der Waals surface area contributed by atoms with E-state index in [-0.39, 0.29) is 30.4 Å². The van der Waals surface area contributed by atoms with Gasteiger partial charge in [0.15, 0.2) is 0 Å². The number of amides is 2. The van der Waals surface area contributed by atoms with Crippen LogP contribution in [0.15, 0.2) is 0 Å². The highest BCUT2D eigenvalue weighted by molar-refractivity contribution is 5.95. The molecule has 1 saturated heterocycles. The summed E-state index contributed by atoms with van der Waals surface area (Å²) in [6.07, 6.45) is 3.04. The molecule has 2 amide bonds. The molecule has 2 aliphatic rings. The van der Waals surface area contributed by atoms with Crippen LogP contribution in [0.5, 0.6) is 0 Å². The van der Waals surface area contributed by atoms with Gasteiger partial charge in [0.05, 0.1) is 6.54 Å². The molecule has 1 N–H and O–H groups in total. The Morgan fingerprint density at radius 1 is 1.39 bits per heavy atom. The van der Waals surface area contributed by atoms with Crippen LogP contribution >= 0.6 is 0 Å². The van der Waals surface area contributed by atoms with Gasteiger partial charge >= 0.3 is 0 Å². The number of hydrogen-bond acceptors (Lipinski definition) is 3. The van der Waals surface area contributed by atoms with Crippen molar-refractivity contribution in [3.63, 3.8) is 0 Å². The summed E-state index contributed by atoms with van der Waals surface area (Å²) in [5.41, 5.74) is 0. The van der Waals surface area contributed by atoms with Crippen LogP contribution in [0.4, 0.5) is 0 Å². The number of rotatable bonds is 5. The third kappa shape index (κ3) is 3.02. The number of nitrogens with zero attached hydrogens (tertiary/aromatic N) is 2. The molecule has 0 aromatic carbocycles. The average Bonchev–Trinajstić information content (AvgIpc) is 3.12. The fraction of sp³-hybridized carbons (Fsp3) is 0.846. The Morgan fingerprint density at radius 2 is 2.06 bits per heavy atom. The second-order valence-corrected chi connectivity index (χ2v) is 5.79. The lowest BCUT2D eigenvalue weighted by Crippen LogP contribution is -2.61. The molecule has 2 rings (SSSR count). The summed E-state index contributed by atoms with van der Waals surface area (Å²) in [7, 11) is 4.04. The Hall–Kier alpha value is -1.10. The zero-order valence-electron chi connectivity index (χ0n) is 11.5. The molecule has 2 fully saturated rings. The van der Waals surface area contributed by atoms with Crippen LogP contribution in [-0.2, 0) is 9.59 Å². The Morgan fingerprint density at radius 3 is 2.61 bits per heavy atom. The van der Waals surface area contributed by atoms with E-state index in [1.54, 1.807) is 4.90 Å². The maximum absolute atomic E-state index is 12.3. The molecule has 0 bridgehead atoms. The fourth-order valence-electron chi connectivity index (χ4n) is 2.42. The molecule has 0 aromatic rings. The average molecular weight is 253 g/mol. The van der Waals surface area contributed by atoms with E-state index in [9.17, 15) is 9.59 Å². The smallest absolute Gasteiger partial charge is 0.246 e. The molecule has 1 heterocycles. The molecule has 1 aliphatic carbocycles. The van der Waals surface area contributed by atoms with Crippen LogP contribution in [0.3, 0.4) is 0 Å². The number of nitrogens with one attached hydrogen (secondary N) is 1. The highest BCUT2D eigenvalue weighted by Gasteiger charge is 2.43. The van der Waals surface area contributed by atoms with Gasteiger partial charge in [0.25, 0.3) is 0 Å². The van der Waals surface area contributed by atoms with Crippen molar-refractivity contribution < 1.29 is 9.59 Å². The van der Waals surface area contributed by atoms with Gasteiger partial charge in [-0.15, -0.1) is 0 Å². The molecule has 102 valence electrons. The van der Waals surface area contributed by atoms with Gasteiger partial charge in [-0.3, -0.25) is 9.59 Å². The lowest BCUT2D eigenvalue weighted by Gasteiger charge is -2.37. The number of piperazine rings is 1. The summed E-state index contributed by atoms with van der Waals surface area (Å²) < 4.78 is 0. The summed E-state index contributed by atoms with van der Waals surface area (Å²) in [5.74, 6) is 0.483. The Bertz CT molecular complexity index is 339. The normalized spacial score (nSPS) is 26.4. The predicted octanol–water partition coefficient (Wildman–Crippen LogP) is 0.0636. The quantitative estimate of drug-likeness (QED) is 0.754. The molecule has 5 nitrogen and oxygen atoms in total. The zero-order valence-corrected chi connectivity index (χ0v) is 11.5. The van der Waals surface area contributed by atoms with Crippen molar-refractivity contribution >= 4 is 11.8 Å². The van der Waals surface area contributed by atoms with Gasteiger partial charge in [0, 0.05) is 6.04 Å². The van der Waals surface area contributed by atoms with Gasteiger partial charge in [-0.25, -0.2) is 0 Å². The Kier molecular flexibility index (Phi) is 3.90. The minimum atomic E-state index is -0.256. The first-order valence-corrected chi connectivity index (χ1v) is 6.73. The van der Waals surface area contributed by atoms with E-state index in [0.717, 1.165) is 25.8 Å². The molecule has 1 saturated carbocycles. The fourth-order valence-corrected chi connectivity index (χ4v) is 2.42. The van der Waals surface area contributed by atoms with Crippen LogP contribution in [0, 0.1) is 5.92 Å². The minimum Gasteiger partial charge on any atom is -0.342 e. The van der Waals surface area contributed by atoms with Gasteiger partial charge in [0.1, 0.15) is 6.04 Å². The summed E-state index contributed by atoms with van der Waals surface area (Å²) >= 11 is 0. The summed E-state index contributed by atoms with van der Waals surface area (Å²) in [5, 5.41) is 2.84. The maximum atomic E-state index is 12.3. The second kappa shape index (κ2) is 5.26. The third-order valence-corrected chi connectivity index (χ3v) is 3.80. The van der Waals surface area contributed by atoms with Crippen molar-refractivity contribution in [1.82, 2.24) is 15.1 Å². The lowest BCUT2D eigenvalue weighted by molar-refractivity contribution is -0.147. The Balaban J connectivity index is 1.96. The maximum Gasteiger partial charge on any atom is 0.246 e. The second-order valence-electron chi connectivity index (χ2n) is 5.79. The molecule has 0 spiro atoms. The van der Waals surface area contributed by atoms with Crippen molar-refractivity contribution in [2.75, 3.05) is 27.2 Å². The van der Waals surface area contributed by atoms with E-state index in [4.69, 9.17) is 0 Å². The summed E-state index contributed by atoms with van der Waals surface area (Å²) in [6, 6.07) is -0.125. The van der Waals surface area contributed by atoms with E-state index >= 15 is 0 Å². The SMILES string of the molecule is CC(CCN(C)C)N1CC(=O)NC(C2CC2)C1=O. The van der Waals surface area contributed by atoms with Crippen LogP contribution in [0.2, 0.25) is 0 Å². The van der Waals surface area contributed by atoms with Gasteiger partial charge < -0.3 is 15.1 Å². The molecular weight excluding hydrogens is 230 g/mol. The lowest BCUT2D eigenvalue weighted by atomic mass is 10.1. The standard InChI is InChI=1S/C13H23N3O2/c1-9(6-7-15(2)3)16-8-11(17)14-12(13(16)18)10-4-5-10/h9-10,12H,4-8H2,1-3H3,(H,14,17). The van der Waals surface area contributed by atoms with Crippen molar-refractivity contribution in [3.8, 4) is 0 Å². The molecule has 0 aromatic heterocycles. The first-order valence-electron chi connectivity index (χ1n) is 6.73. The molecule has 2 unspecified atom stereocenters. The van der Waals surface area contributed by atoms with Crippen LogP contribution in [0.1, 0.15) is 26.2 Å². The minimum absolute atomic E-state index is 0.0109. The molecule has 2 atom stereocenters. The van der Waals surface area contributed by atoms with Crippen molar-refractivity contribution in [3.05, 3.63) is 0 Å². The molecule has 5 heteroatoms. The van der Waals surface area contributed by atoms with Crippen LogP contribution < -0.4 is 5.32 Å². The third-order valence-electron chi connectivity index (χ3n) is 3.80. The molecule has 18 heavy (non-hydrogen) atoms. The van der Waals surface area contributed by atoms with Gasteiger partial charge in [0.2, 0.25) is 11.8 Å². The van der Waals surface area contributed by atoms with Gasteiger partial charge in [-0.2, -0.15) is 0 Å². The number of hydrogen-bond donors (Lipinski definition) is 1. The number of carbonyl (C=O) groups is 2. The largest absolute Gasteiger partial charge is 0.342 e. The van der Waals surface area contributed by atoms with E-state index in [1.807, 2.05) is 21.0 Å². The molecule has 1 aliphatic heterocycles. The van der Waals surface area contributed by atoms with Crippen LogP contribution in [-0.4, -0.2) is 60.9 Å². The highest BCUT2D eigenvalue weighted by Crippen LogP contribution is 2.34. The monoisotopic (exact) mass is 253 g/mol. The number of carbonyl (C=O) groups excluding carboxylic acids is 2. The predicted molar refractivity (Wildman–Crippen MR) is 69.0 cm³/mol. The van der Waals surface area contributed by atoms with Crippen molar-refractivity contribution in [2.45, 2.75) is 38.3 Å². The molecule has 0 radical (unpaired) electrons. The van der Waals surface area contributed by atoms with Gasteiger partial charge in [-0.05, 0) is 52.7 Å². The van der Waals surface area contributed by atoms with Crippen molar-refractivity contribution in [1.29, 1.82) is 0 Å². The first kappa shape index (κ1) is 13.3. The van der Waals surface area contributed by atoms with E-state index in [1.165, 1.54) is 0 Å².